The lowest BCUT2D eigenvalue weighted by molar-refractivity contribution is -0.132. The van der Waals surface area contributed by atoms with Crippen LogP contribution in [-0.4, -0.2) is 23.3 Å². The molecule has 3 N–H and O–H groups in total. The monoisotopic (exact) mass is 162 g/mol. The van der Waals surface area contributed by atoms with Gasteiger partial charge in [-0.25, -0.2) is 4.79 Å². The summed E-state index contributed by atoms with van der Waals surface area (Å²) < 4.78 is 0. The second-order valence-corrected chi connectivity index (χ2v) is 1.76. The molecule has 0 saturated carbocycles. The van der Waals surface area contributed by atoms with Gasteiger partial charge in [-0.05, 0) is 0 Å². The predicted molar refractivity (Wildman–Crippen MR) is 39.1 cm³/mol. The fraction of sp³-hybridized carbons (Fsp3) is 0.200. The van der Waals surface area contributed by atoms with Gasteiger partial charge in [-0.1, -0.05) is 11.6 Å². The SMILES string of the molecule is CN=C(Cl)C(=CN)C(=O)O. The van der Waals surface area contributed by atoms with Crippen molar-refractivity contribution in [2.75, 3.05) is 7.05 Å². The fourth-order valence-electron chi connectivity index (χ4n) is 0.349. The Labute approximate surface area is 63.0 Å². The van der Waals surface area contributed by atoms with Gasteiger partial charge in [0.2, 0.25) is 0 Å². The van der Waals surface area contributed by atoms with Gasteiger partial charge in [0.25, 0.3) is 0 Å². The van der Waals surface area contributed by atoms with Crippen molar-refractivity contribution in [2.24, 2.45) is 10.7 Å². The van der Waals surface area contributed by atoms with Gasteiger partial charge in [0, 0.05) is 13.2 Å². The van der Waals surface area contributed by atoms with Crippen LogP contribution in [0, 0.1) is 0 Å². The first kappa shape index (κ1) is 8.97. The number of aliphatic carboxylic acids is 1. The van der Waals surface area contributed by atoms with E-state index in [2.05, 4.69) is 4.99 Å². The molecule has 0 rings (SSSR count). The molecule has 0 aliphatic heterocycles. The van der Waals surface area contributed by atoms with E-state index in [0.29, 0.717) is 0 Å². The Morgan fingerprint density at radius 3 is 2.40 bits per heavy atom. The van der Waals surface area contributed by atoms with Gasteiger partial charge in [-0.3, -0.25) is 4.99 Å². The quantitative estimate of drug-likeness (QED) is 0.449. The van der Waals surface area contributed by atoms with Crippen molar-refractivity contribution >= 4 is 22.7 Å². The largest absolute Gasteiger partial charge is 0.478 e. The van der Waals surface area contributed by atoms with Gasteiger partial charge in [0.05, 0.1) is 0 Å². The fourth-order valence-corrected chi connectivity index (χ4v) is 0.493. The first-order chi connectivity index (χ1) is 4.63. The minimum Gasteiger partial charge on any atom is -0.478 e. The Morgan fingerprint density at radius 1 is 1.80 bits per heavy atom. The average Bonchev–Trinajstić information content (AvgIpc) is 1.88. The molecule has 0 aliphatic rings. The molecule has 0 atom stereocenters. The molecule has 0 unspecified atom stereocenters. The van der Waals surface area contributed by atoms with E-state index in [-0.39, 0.29) is 10.7 Å². The smallest absolute Gasteiger partial charge is 0.340 e. The van der Waals surface area contributed by atoms with Gasteiger partial charge in [0.1, 0.15) is 10.7 Å². The van der Waals surface area contributed by atoms with Crippen LogP contribution in [0.2, 0.25) is 0 Å². The molecule has 0 bridgehead atoms. The van der Waals surface area contributed by atoms with Gasteiger partial charge in [-0.15, -0.1) is 0 Å². The zero-order valence-corrected chi connectivity index (χ0v) is 6.09. The number of aliphatic imine (C=N–C) groups is 1. The third-order valence-corrected chi connectivity index (χ3v) is 1.19. The summed E-state index contributed by atoms with van der Waals surface area (Å²) in [4.78, 5) is 13.7. The van der Waals surface area contributed by atoms with E-state index in [4.69, 9.17) is 22.4 Å². The molecular weight excluding hydrogens is 156 g/mol. The molecule has 0 aromatic carbocycles. The molecule has 0 heterocycles. The minimum absolute atomic E-state index is 0.102. The van der Waals surface area contributed by atoms with Gasteiger partial charge < -0.3 is 10.8 Å². The van der Waals surface area contributed by atoms with Crippen LogP contribution in [0.3, 0.4) is 0 Å². The maximum Gasteiger partial charge on any atom is 0.340 e. The number of nitrogens with zero attached hydrogens (tertiary/aromatic N) is 1. The maximum atomic E-state index is 10.2. The van der Waals surface area contributed by atoms with Crippen LogP contribution >= 0.6 is 11.6 Å². The molecule has 0 saturated heterocycles. The molecule has 0 spiro atoms. The molecule has 5 heteroatoms. The average molecular weight is 163 g/mol. The molecule has 56 valence electrons. The number of carboxylic acids is 1. The number of halogens is 1. The second kappa shape index (κ2) is 3.90. The Balaban J connectivity index is 4.56. The van der Waals surface area contributed by atoms with Crippen LogP contribution in [0.15, 0.2) is 16.8 Å². The lowest BCUT2D eigenvalue weighted by Gasteiger charge is -1.94. The highest BCUT2D eigenvalue weighted by molar-refractivity contribution is 6.72. The molecule has 4 nitrogen and oxygen atoms in total. The summed E-state index contributed by atoms with van der Waals surface area (Å²) in [6.07, 6.45) is 0.900. The zero-order chi connectivity index (χ0) is 8.15. The first-order valence-electron chi connectivity index (χ1n) is 2.41. The number of hydrogen-bond donors (Lipinski definition) is 2. The van der Waals surface area contributed by atoms with E-state index in [0.717, 1.165) is 6.20 Å². The zero-order valence-electron chi connectivity index (χ0n) is 5.34. The van der Waals surface area contributed by atoms with Crippen molar-refractivity contribution in [2.45, 2.75) is 0 Å². The van der Waals surface area contributed by atoms with E-state index in [9.17, 15) is 4.79 Å². The Morgan fingerprint density at radius 2 is 2.30 bits per heavy atom. The second-order valence-electron chi connectivity index (χ2n) is 1.40. The Kier molecular flexibility index (Phi) is 3.49. The van der Waals surface area contributed by atoms with Crippen LogP contribution < -0.4 is 5.73 Å². The minimum atomic E-state index is -1.18. The highest BCUT2D eigenvalue weighted by Crippen LogP contribution is 2.00. The molecular formula is C5H7ClN2O2. The van der Waals surface area contributed by atoms with Crippen molar-refractivity contribution in [3.63, 3.8) is 0 Å². The Hall–Kier alpha value is -1.03. The molecule has 0 aromatic heterocycles. The third kappa shape index (κ3) is 2.06. The van der Waals surface area contributed by atoms with E-state index < -0.39 is 5.97 Å². The van der Waals surface area contributed by atoms with Gasteiger partial charge in [0.15, 0.2) is 0 Å². The number of rotatable bonds is 2. The molecule has 0 aromatic rings. The lowest BCUT2D eigenvalue weighted by Crippen LogP contribution is -2.09. The maximum absolute atomic E-state index is 10.2. The van der Waals surface area contributed by atoms with Gasteiger partial charge >= 0.3 is 5.97 Å². The summed E-state index contributed by atoms with van der Waals surface area (Å²) in [7, 11) is 1.38. The number of carboxylic acid groups (broad SMARTS) is 1. The summed E-state index contributed by atoms with van der Waals surface area (Å²) in [5.74, 6) is -1.18. The molecule has 0 amide bonds. The van der Waals surface area contributed by atoms with Gasteiger partial charge in [-0.2, -0.15) is 0 Å². The number of carbonyl (C=O) groups is 1. The first-order valence-corrected chi connectivity index (χ1v) is 2.79. The normalized spacial score (nSPS) is 13.4. The van der Waals surface area contributed by atoms with Crippen molar-refractivity contribution in [1.82, 2.24) is 0 Å². The van der Waals surface area contributed by atoms with Crippen LogP contribution in [0.25, 0.3) is 0 Å². The van der Waals surface area contributed by atoms with Crippen molar-refractivity contribution in [3.05, 3.63) is 11.8 Å². The molecule has 0 aliphatic carbocycles. The summed E-state index contributed by atoms with van der Waals surface area (Å²) in [5.41, 5.74) is 4.75. The molecule has 10 heavy (non-hydrogen) atoms. The van der Waals surface area contributed by atoms with Crippen LogP contribution in [0.1, 0.15) is 0 Å². The van der Waals surface area contributed by atoms with E-state index >= 15 is 0 Å². The van der Waals surface area contributed by atoms with Crippen molar-refractivity contribution in [3.8, 4) is 0 Å². The Bertz CT molecular complexity index is 198. The van der Waals surface area contributed by atoms with E-state index in [1.165, 1.54) is 7.05 Å². The van der Waals surface area contributed by atoms with E-state index in [1.54, 1.807) is 0 Å². The summed E-state index contributed by atoms with van der Waals surface area (Å²) >= 11 is 5.35. The van der Waals surface area contributed by atoms with Crippen LogP contribution in [-0.2, 0) is 4.79 Å². The number of hydrogen-bond acceptors (Lipinski definition) is 3. The predicted octanol–water partition coefficient (Wildman–Crippen LogP) is 0.181. The third-order valence-electron chi connectivity index (χ3n) is 0.816. The summed E-state index contributed by atoms with van der Waals surface area (Å²) in [5, 5.41) is 8.26. The topological polar surface area (TPSA) is 75.7 Å². The standard InChI is InChI=1S/C5H7ClN2O2/c1-8-4(6)3(2-7)5(9)10/h2H,7H2,1H3,(H,9,10). The highest BCUT2D eigenvalue weighted by Gasteiger charge is 2.10. The van der Waals surface area contributed by atoms with Crippen molar-refractivity contribution in [1.29, 1.82) is 0 Å². The van der Waals surface area contributed by atoms with E-state index in [1.807, 2.05) is 0 Å². The van der Waals surface area contributed by atoms with Crippen LogP contribution in [0.4, 0.5) is 0 Å². The van der Waals surface area contributed by atoms with Crippen molar-refractivity contribution < 1.29 is 9.90 Å². The van der Waals surface area contributed by atoms with Crippen LogP contribution in [0.5, 0.6) is 0 Å². The number of nitrogens with two attached hydrogens (primary N) is 1. The molecule has 0 radical (unpaired) electrons. The summed E-state index contributed by atoms with van der Waals surface area (Å²) in [6, 6.07) is 0. The highest BCUT2D eigenvalue weighted by atomic mass is 35.5. The summed E-state index contributed by atoms with van der Waals surface area (Å²) in [6.45, 7) is 0. The molecule has 0 fully saturated rings. The lowest BCUT2D eigenvalue weighted by atomic mass is 10.3.